The maximum Gasteiger partial charge on any atom is 0.306 e. The third-order valence-corrected chi connectivity index (χ3v) is 2.04. The van der Waals surface area contributed by atoms with E-state index in [0.29, 0.717) is 0 Å². The van der Waals surface area contributed by atoms with Gasteiger partial charge in [-0.15, -0.1) is 5.10 Å². The van der Waals surface area contributed by atoms with Gasteiger partial charge < -0.3 is 5.11 Å². The van der Waals surface area contributed by atoms with Crippen LogP contribution < -0.4 is 0 Å². The monoisotopic (exact) mass is 183 g/mol. The zero-order valence-corrected chi connectivity index (χ0v) is 7.31. The van der Waals surface area contributed by atoms with Crippen LogP contribution in [0.1, 0.15) is 25.7 Å². The van der Waals surface area contributed by atoms with Crippen LogP contribution in [0.4, 0.5) is 0 Å². The Labute approximate surface area is 76.2 Å². The van der Waals surface area contributed by atoms with Gasteiger partial charge in [0.1, 0.15) is 0 Å². The van der Waals surface area contributed by atoms with Crippen LogP contribution in [-0.2, 0) is 4.79 Å². The molecule has 0 bridgehead atoms. The van der Waals surface area contributed by atoms with Crippen LogP contribution in [0.25, 0.3) is 0 Å². The first-order valence-corrected chi connectivity index (χ1v) is 4.34. The van der Waals surface area contributed by atoms with E-state index in [1.807, 2.05) is 0 Å². The van der Waals surface area contributed by atoms with Crippen molar-refractivity contribution in [2.24, 2.45) is 5.92 Å². The van der Waals surface area contributed by atoms with Crippen molar-refractivity contribution in [2.75, 3.05) is 0 Å². The van der Waals surface area contributed by atoms with Crippen LogP contribution in [-0.4, -0.2) is 26.5 Å². The van der Waals surface area contributed by atoms with E-state index < -0.39 is 5.97 Å². The van der Waals surface area contributed by atoms with Crippen molar-refractivity contribution < 1.29 is 9.90 Å². The average molecular weight is 183 g/mol. The summed E-state index contributed by atoms with van der Waals surface area (Å²) in [6.07, 6.45) is 7.25. The third kappa shape index (κ3) is 3.68. The summed E-state index contributed by atoms with van der Waals surface area (Å²) in [6.45, 7) is 0. The summed E-state index contributed by atoms with van der Waals surface area (Å²) in [5, 5.41) is 17.7. The van der Waals surface area contributed by atoms with Crippen LogP contribution in [0, 0.1) is 5.92 Å². The largest absolute Gasteiger partial charge is 0.481 e. The fraction of sp³-hybridized carbons (Fsp3) is 0.625. The number of aromatic amines is 1. The minimum absolute atomic E-state index is 0.0185. The van der Waals surface area contributed by atoms with Gasteiger partial charge in [-0.2, -0.15) is 0 Å². The van der Waals surface area contributed by atoms with Gasteiger partial charge in [0.2, 0.25) is 0 Å². The number of rotatable bonds is 1. The first kappa shape index (κ1) is 9.70. The van der Waals surface area contributed by atoms with E-state index in [1.54, 1.807) is 12.4 Å². The zero-order valence-electron chi connectivity index (χ0n) is 7.31. The number of hydrogen-bond donors (Lipinski definition) is 2. The summed E-state index contributed by atoms with van der Waals surface area (Å²) in [6, 6.07) is 0. The predicted molar refractivity (Wildman–Crippen MR) is 46.0 cm³/mol. The van der Waals surface area contributed by atoms with Gasteiger partial charge in [-0.05, 0) is 12.8 Å². The lowest BCUT2D eigenvalue weighted by Crippen LogP contribution is -2.07. The molecule has 2 rings (SSSR count). The molecule has 0 spiro atoms. The summed E-state index contributed by atoms with van der Waals surface area (Å²) in [4.78, 5) is 10.2. The van der Waals surface area contributed by atoms with E-state index in [0.717, 1.165) is 25.7 Å². The second-order valence-electron chi connectivity index (χ2n) is 2.98. The van der Waals surface area contributed by atoms with Crippen LogP contribution >= 0.6 is 0 Å². The summed E-state index contributed by atoms with van der Waals surface area (Å²) in [7, 11) is 0. The van der Waals surface area contributed by atoms with Crippen molar-refractivity contribution in [2.45, 2.75) is 25.7 Å². The number of carboxylic acids is 1. The molecule has 5 nitrogen and oxygen atoms in total. The van der Waals surface area contributed by atoms with Gasteiger partial charge in [-0.1, -0.05) is 18.1 Å². The first-order valence-electron chi connectivity index (χ1n) is 4.34. The van der Waals surface area contributed by atoms with Crippen molar-refractivity contribution in [3.63, 3.8) is 0 Å². The SMILES string of the molecule is O=C(O)C1CCCC1.c1c[nH]nn1. The highest BCUT2D eigenvalue weighted by Crippen LogP contribution is 2.24. The van der Waals surface area contributed by atoms with Crippen molar-refractivity contribution in [1.29, 1.82) is 0 Å². The maximum absolute atomic E-state index is 10.2. The van der Waals surface area contributed by atoms with Crippen LogP contribution in [0.15, 0.2) is 12.4 Å². The number of carbonyl (C=O) groups is 1. The van der Waals surface area contributed by atoms with Gasteiger partial charge in [0, 0.05) is 6.20 Å². The Hall–Kier alpha value is -1.39. The molecule has 5 heteroatoms. The van der Waals surface area contributed by atoms with E-state index >= 15 is 0 Å². The summed E-state index contributed by atoms with van der Waals surface area (Å²) < 4.78 is 0. The Morgan fingerprint density at radius 3 is 2.38 bits per heavy atom. The summed E-state index contributed by atoms with van der Waals surface area (Å²) >= 11 is 0. The second-order valence-corrected chi connectivity index (χ2v) is 2.98. The number of nitrogens with one attached hydrogen (secondary N) is 1. The van der Waals surface area contributed by atoms with Crippen molar-refractivity contribution in [1.82, 2.24) is 15.4 Å². The Bertz CT molecular complexity index is 212. The molecule has 0 saturated heterocycles. The lowest BCUT2D eigenvalue weighted by molar-refractivity contribution is -0.141. The molecule has 2 N–H and O–H groups in total. The van der Waals surface area contributed by atoms with Crippen LogP contribution in [0.2, 0.25) is 0 Å². The molecule has 0 radical (unpaired) electrons. The number of H-pyrrole nitrogens is 1. The molecule has 1 aliphatic carbocycles. The molecule has 0 amide bonds. The predicted octanol–water partition coefficient (Wildman–Crippen LogP) is 1.07. The van der Waals surface area contributed by atoms with Gasteiger partial charge in [0.15, 0.2) is 0 Å². The highest BCUT2D eigenvalue weighted by atomic mass is 16.4. The summed E-state index contributed by atoms with van der Waals surface area (Å²) in [5.41, 5.74) is 0. The van der Waals surface area contributed by atoms with Gasteiger partial charge >= 0.3 is 5.97 Å². The maximum atomic E-state index is 10.2. The molecule has 0 aliphatic heterocycles. The first-order chi connectivity index (χ1) is 6.30. The fourth-order valence-corrected chi connectivity index (χ4v) is 1.34. The van der Waals surface area contributed by atoms with Gasteiger partial charge in [-0.3, -0.25) is 9.89 Å². The van der Waals surface area contributed by atoms with E-state index in [4.69, 9.17) is 5.11 Å². The number of aromatic nitrogens is 3. The number of hydrogen-bond acceptors (Lipinski definition) is 3. The second kappa shape index (κ2) is 5.29. The highest BCUT2D eigenvalue weighted by molar-refractivity contribution is 5.70. The van der Waals surface area contributed by atoms with E-state index in [2.05, 4.69) is 15.4 Å². The van der Waals surface area contributed by atoms with Crippen molar-refractivity contribution in [3.05, 3.63) is 12.4 Å². The molecule has 1 heterocycles. The summed E-state index contributed by atoms with van der Waals surface area (Å²) in [5.74, 6) is -0.627. The lowest BCUT2D eigenvalue weighted by Gasteiger charge is -1.97. The molecule has 1 aromatic rings. The van der Waals surface area contributed by atoms with Crippen molar-refractivity contribution in [3.8, 4) is 0 Å². The topological polar surface area (TPSA) is 78.9 Å². The van der Waals surface area contributed by atoms with Gasteiger partial charge in [-0.25, -0.2) is 0 Å². The van der Waals surface area contributed by atoms with E-state index in [1.165, 1.54) is 0 Å². The molecule has 72 valence electrons. The Kier molecular flexibility index (Phi) is 3.95. The molecule has 1 fully saturated rings. The molecule has 0 aromatic carbocycles. The minimum atomic E-state index is -0.609. The average Bonchev–Trinajstić information content (AvgIpc) is 2.82. The minimum Gasteiger partial charge on any atom is -0.481 e. The highest BCUT2D eigenvalue weighted by Gasteiger charge is 2.20. The van der Waals surface area contributed by atoms with Crippen LogP contribution in [0.5, 0.6) is 0 Å². The normalized spacial score (nSPS) is 16.3. The number of nitrogens with zero attached hydrogens (tertiary/aromatic N) is 2. The van der Waals surface area contributed by atoms with Gasteiger partial charge in [0.25, 0.3) is 0 Å². The quantitative estimate of drug-likeness (QED) is 0.682. The van der Waals surface area contributed by atoms with E-state index in [-0.39, 0.29) is 5.92 Å². The number of carboxylic acid groups (broad SMARTS) is 1. The Morgan fingerprint density at radius 2 is 2.15 bits per heavy atom. The molecule has 0 unspecified atom stereocenters. The van der Waals surface area contributed by atoms with E-state index in [9.17, 15) is 4.79 Å². The molecule has 1 saturated carbocycles. The smallest absolute Gasteiger partial charge is 0.306 e. The van der Waals surface area contributed by atoms with Crippen molar-refractivity contribution >= 4 is 5.97 Å². The van der Waals surface area contributed by atoms with Gasteiger partial charge in [0.05, 0.1) is 12.1 Å². The molecular weight excluding hydrogens is 170 g/mol. The zero-order chi connectivity index (χ0) is 9.52. The third-order valence-electron chi connectivity index (χ3n) is 2.04. The Morgan fingerprint density at radius 1 is 1.46 bits per heavy atom. The molecular formula is C8H13N3O2. The molecule has 13 heavy (non-hydrogen) atoms. The number of aliphatic carboxylic acids is 1. The lowest BCUT2D eigenvalue weighted by atomic mass is 10.1. The molecule has 1 aromatic heterocycles. The Balaban J connectivity index is 0.000000145. The van der Waals surface area contributed by atoms with Crippen LogP contribution in [0.3, 0.4) is 0 Å². The molecule has 1 aliphatic rings. The fourth-order valence-electron chi connectivity index (χ4n) is 1.34. The standard InChI is InChI=1S/C6H10O2.C2H3N3/c7-6(8)5-3-1-2-4-5;1-2-4-5-3-1/h5H,1-4H2,(H,7,8);1-2H,(H,3,4,5). The molecule has 0 atom stereocenters.